The second-order valence-corrected chi connectivity index (χ2v) is 9.19. The fourth-order valence-electron chi connectivity index (χ4n) is 2.54. The van der Waals surface area contributed by atoms with Crippen molar-refractivity contribution in [1.82, 2.24) is 15.7 Å². The van der Waals surface area contributed by atoms with Gasteiger partial charge in [0.2, 0.25) is 5.91 Å². The maximum absolute atomic E-state index is 12.5. The first-order valence-electron chi connectivity index (χ1n) is 9.61. The van der Waals surface area contributed by atoms with Gasteiger partial charge in [0.05, 0.1) is 6.04 Å². The van der Waals surface area contributed by atoms with Gasteiger partial charge in [-0.15, -0.1) is 0 Å². The van der Waals surface area contributed by atoms with E-state index in [1.807, 2.05) is 19.9 Å². The van der Waals surface area contributed by atoms with Gasteiger partial charge in [0.15, 0.2) is 0 Å². The number of carbonyl (C=O) groups is 3. The summed E-state index contributed by atoms with van der Waals surface area (Å²) >= 11 is 0. The third kappa shape index (κ3) is 9.87. The Kier molecular flexibility index (Phi) is 10.5. The lowest BCUT2D eigenvalue weighted by molar-refractivity contribution is -0.142. The van der Waals surface area contributed by atoms with E-state index in [9.17, 15) is 23.8 Å². The van der Waals surface area contributed by atoms with E-state index in [-0.39, 0.29) is 25.4 Å². The van der Waals surface area contributed by atoms with Crippen LogP contribution in [0.3, 0.4) is 0 Å². The minimum atomic E-state index is -4.15. The molecule has 0 aliphatic carbocycles. The summed E-state index contributed by atoms with van der Waals surface area (Å²) in [4.78, 5) is 45.5. The molecule has 30 heavy (non-hydrogen) atoms. The average Bonchev–Trinajstić information content (AvgIpc) is 2.68. The Morgan fingerprint density at radius 1 is 1.13 bits per heavy atom. The van der Waals surface area contributed by atoms with Crippen LogP contribution in [0, 0.1) is 5.92 Å². The Bertz CT molecular complexity index is 758. The van der Waals surface area contributed by atoms with E-state index in [1.165, 1.54) is 0 Å². The molecule has 3 atom stereocenters. The number of benzene rings is 1. The van der Waals surface area contributed by atoms with Gasteiger partial charge in [-0.25, -0.2) is 14.7 Å². The predicted octanol–water partition coefficient (Wildman–Crippen LogP) is 2.04. The Morgan fingerprint density at radius 2 is 1.77 bits per heavy atom. The number of aliphatic carboxylic acids is 1. The van der Waals surface area contributed by atoms with Gasteiger partial charge in [0, 0.05) is 0 Å². The highest BCUT2D eigenvalue weighted by Gasteiger charge is 2.31. The Morgan fingerprint density at radius 3 is 2.30 bits per heavy atom. The lowest BCUT2D eigenvalue weighted by Crippen LogP contribution is -2.50. The number of carboxylic acids is 1. The standard InChI is InChI=1S/C19H30N3O7P/c1-4-15(18(24)25)21-17(23)16(10-13(2)3)22-30(27,28)12-20-19(26)29-11-14-8-6-5-7-9-14/h5-9,13,15-16H,4,10-12H2,1-3H3,(H,20,26)(H,21,23)(H,24,25)(H2,22,27,28)/t15-,16-/m0/s1. The molecular formula is C19H30N3O7P. The van der Waals surface area contributed by atoms with Gasteiger partial charge in [-0.1, -0.05) is 51.1 Å². The fraction of sp³-hybridized carbons (Fsp3) is 0.526. The van der Waals surface area contributed by atoms with Crippen LogP contribution in [0.1, 0.15) is 39.2 Å². The summed E-state index contributed by atoms with van der Waals surface area (Å²) in [6.07, 6.45) is -1.17. The molecule has 0 aromatic heterocycles. The molecule has 1 unspecified atom stereocenters. The van der Waals surface area contributed by atoms with Gasteiger partial charge in [-0.3, -0.25) is 9.36 Å². The van der Waals surface area contributed by atoms with Crippen LogP contribution in [0.15, 0.2) is 30.3 Å². The molecule has 0 saturated carbocycles. The average molecular weight is 443 g/mol. The van der Waals surface area contributed by atoms with Crippen LogP contribution in [-0.2, 0) is 25.5 Å². The number of nitrogens with one attached hydrogen (secondary N) is 3. The Hall–Kier alpha value is -2.42. The third-order valence-corrected chi connectivity index (χ3v) is 5.36. The first kappa shape index (κ1) is 25.6. The lowest BCUT2D eigenvalue weighted by Gasteiger charge is -2.24. The van der Waals surface area contributed by atoms with Crippen molar-refractivity contribution in [1.29, 1.82) is 0 Å². The molecule has 10 nitrogen and oxygen atoms in total. The number of carbonyl (C=O) groups excluding carboxylic acids is 2. The van der Waals surface area contributed by atoms with Crippen molar-refractivity contribution in [2.24, 2.45) is 5.92 Å². The highest BCUT2D eigenvalue weighted by molar-refractivity contribution is 7.55. The van der Waals surface area contributed by atoms with Crippen molar-refractivity contribution >= 4 is 25.5 Å². The molecular weight excluding hydrogens is 413 g/mol. The van der Waals surface area contributed by atoms with E-state index in [2.05, 4.69) is 15.7 Å². The monoisotopic (exact) mass is 443 g/mol. The summed E-state index contributed by atoms with van der Waals surface area (Å²) < 4.78 is 17.4. The van der Waals surface area contributed by atoms with Gasteiger partial charge < -0.3 is 25.4 Å². The normalized spacial score (nSPS) is 15.0. The maximum Gasteiger partial charge on any atom is 0.407 e. The number of ether oxygens (including phenoxy) is 1. The zero-order chi connectivity index (χ0) is 22.7. The van der Waals surface area contributed by atoms with Crippen molar-refractivity contribution < 1.29 is 33.7 Å². The molecule has 0 saturated heterocycles. The zero-order valence-electron chi connectivity index (χ0n) is 17.3. The van der Waals surface area contributed by atoms with Gasteiger partial charge in [-0.2, -0.15) is 0 Å². The third-order valence-electron chi connectivity index (χ3n) is 4.05. The van der Waals surface area contributed by atoms with E-state index in [0.29, 0.717) is 0 Å². The summed E-state index contributed by atoms with van der Waals surface area (Å²) in [5.41, 5.74) is 0.760. The van der Waals surface area contributed by atoms with Crippen LogP contribution in [-0.4, -0.2) is 46.3 Å². The molecule has 1 aromatic rings. The second kappa shape index (κ2) is 12.3. The smallest absolute Gasteiger partial charge is 0.407 e. The second-order valence-electron chi connectivity index (χ2n) is 7.22. The molecule has 0 aliphatic heterocycles. The number of carboxylic acid groups (broad SMARTS) is 1. The molecule has 1 aromatic carbocycles. The largest absolute Gasteiger partial charge is 0.480 e. The Balaban J connectivity index is 2.63. The van der Waals surface area contributed by atoms with E-state index < -0.39 is 43.9 Å². The van der Waals surface area contributed by atoms with Crippen LogP contribution >= 0.6 is 7.52 Å². The van der Waals surface area contributed by atoms with E-state index in [1.54, 1.807) is 31.2 Å². The van der Waals surface area contributed by atoms with Crippen LogP contribution in [0.5, 0.6) is 0 Å². The quantitative estimate of drug-likeness (QED) is 0.308. The minimum Gasteiger partial charge on any atom is -0.480 e. The van der Waals surface area contributed by atoms with Crippen molar-refractivity contribution in [2.45, 2.75) is 52.3 Å². The summed E-state index contributed by atoms with van der Waals surface area (Å²) in [6.45, 7) is 5.24. The zero-order valence-corrected chi connectivity index (χ0v) is 18.2. The van der Waals surface area contributed by atoms with Gasteiger partial charge in [0.1, 0.15) is 18.9 Å². The first-order chi connectivity index (χ1) is 14.0. The number of alkyl carbamates (subject to hydrolysis) is 1. The molecule has 0 heterocycles. The van der Waals surface area contributed by atoms with Crippen LogP contribution < -0.4 is 15.7 Å². The molecule has 5 N–H and O–H groups in total. The minimum absolute atomic E-state index is 0.00179. The molecule has 0 spiro atoms. The summed E-state index contributed by atoms with van der Waals surface area (Å²) in [5.74, 6) is -1.90. The number of amides is 2. The first-order valence-corrected chi connectivity index (χ1v) is 11.5. The number of hydrogen-bond acceptors (Lipinski definition) is 5. The van der Waals surface area contributed by atoms with E-state index in [4.69, 9.17) is 9.84 Å². The highest BCUT2D eigenvalue weighted by atomic mass is 31.2. The molecule has 2 amide bonds. The molecule has 168 valence electrons. The SMILES string of the molecule is CC[C@H](NC(=O)[C@H](CC(C)C)NP(=O)(O)CNC(=O)OCc1ccccc1)C(=O)O. The molecule has 11 heteroatoms. The fourth-order valence-corrected chi connectivity index (χ4v) is 3.68. The van der Waals surface area contributed by atoms with Gasteiger partial charge in [-0.05, 0) is 24.3 Å². The van der Waals surface area contributed by atoms with Crippen molar-refractivity contribution in [3.05, 3.63) is 35.9 Å². The summed E-state index contributed by atoms with van der Waals surface area (Å²) in [7, 11) is -4.15. The number of rotatable bonds is 12. The summed E-state index contributed by atoms with van der Waals surface area (Å²) in [6, 6.07) is 6.73. The predicted molar refractivity (Wildman–Crippen MR) is 111 cm³/mol. The van der Waals surface area contributed by atoms with Crippen LogP contribution in [0.25, 0.3) is 0 Å². The van der Waals surface area contributed by atoms with Gasteiger partial charge in [0.25, 0.3) is 7.52 Å². The lowest BCUT2D eigenvalue weighted by atomic mass is 10.0. The topological polar surface area (TPSA) is 154 Å². The van der Waals surface area contributed by atoms with Crippen molar-refractivity contribution in [3.8, 4) is 0 Å². The maximum atomic E-state index is 12.5. The van der Waals surface area contributed by atoms with E-state index >= 15 is 0 Å². The molecule has 0 bridgehead atoms. The highest BCUT2D eigenvalue weighted by Crippen LogP contribution is 2.35. The molecule has 1 rings (SSSR count). The van der Waals surface area contributed by atoms with Crippen LogP contribution in [0.4, 0.5) is 4.79 Å². The van der Waals surface area contributed by atoms with E-state index in [0.717, 1.165) is 5.56 Å². The van der Waals surface area contributed by atoms with Crippen LogP contribution in [0.2, 0.25) is 0 Å². The van der Waals surface area contributed by atoms with Crippen molar-refractivity contribution in [3.63, 3.8) is 0 Å². The van der Waals surface area contributed by atoms with Gasteiger partial charge >= 0.3 is 12.1 Å². The molecule has 0 aliphatic rings. The number of hydrogen-bond donors (Lipinski definition) is 5. The Labute approximate surface area is 175 Å². The molecule has 0 fully saturated rings. The molecule has 0 radical (unpaired) electrons. The summed E-state index contributed by atoms with van der Waals surface area (Å²) in [5, 5.41) is 16.0. The van der Waals surface area contributed by atoms with Crippen molar-refractivity contribution in [2.75, 3.05) is 6.29 Å².